The SMILES string of the molecule is Clc1cnccc1C1CCCNC1. The van der Waals surface area contributed by atoms with Crippen molar-refractivity contribution >= 4 is 11.6 Å². The van der Waals surface area contributed by atoms with E-state index in [0.717, 1.165) is 18.1 Å². The summed E-state index contributed by atoms with van der Waals surface area (Å²) in [6, 6.07) is 2.03. The Bertz CT molecular complexity index is 282. The molecule has 1 saturated heterocycles. The third-order valence-corrected chi connectivity index (χ3v) is 2.86. The highest BCUT2D eigenvalue weighted by Gasteiger charge is 2.16. The van der Waals surface area contributed by atoms with Crippen LogP contribution in [-0.2, 0) is 0 Å². The summed E-state index contributed by atoms with van der Waals surface area (Å²) >= 11 is 6.07. The van der Waals surface area contributed by atoms with Gasteiger partial charge in [-0.2, -0.15) is 0 Å². The van der Waals surface area contributed by atoms with E-state index in [0.29, 0.717) is 5.92 Å². The number of hydrogen-bond donors (Lipinski definition) is 1. The minimum Gasteiger partial charge on any atom is -0.316 e. The summed E-state index contributed by atoms with van der Waals surface area (Å²) in [5.74, 6) is 0.573. The van der Waals surface area contributed by atoms with Gasteiger partial charge in [0.25, 0.3) is 0 Å². The molecule has 2 nitrogen and oxygen atoms in total. The van der Waals surface area contributed by atoms with Gasteiger partial charge in [0.2, 0.25) is 0 Å². The zero-order valence-corrected chi connectivity index (χ0v) is 8.22. The summed E-state index contributed by atoms with van der Waals surface area (Å²) < 4.78 is 0. The van der Waals surface area contributed by atoms with E-state index in [9.17, 15) is 0 Å². The fourth-order valence-electron chi connectivity index (χ4n) is 1.83. The molecule has 0 radical (unpaired) electrons. The largest absolute Gasteiger partial charge is 0.316 e. The van der Waals surface area contributed by atoms with Crippen LogP contribution in [0.4, 0.5) is 0 Å². The first-order chi connectivity index (χ1) is 6.38. The Morgan fingerprint density at radius 2 is 2.46 bits per heavy atom. The second kappa shape index (κ2) is 4.07. The quantitative estimate of drug-likeness (QED) is 0.745. The summed E-state index contributed by atoms with van der Waals surface area (Å²) in [6.45, 7) is 2.18. The first kappa shape index (κ1) is 8.97. The lowest BCUT2D eigenvalue weighted by Gasteiger charge is -2.23. The first-order valence-electron chi connectivity index (χ1n) is 4.68. The Labute approximate surface area is 83.3 Å². The molecule has 1 atom stereocenters. The molecule has 1 unspecified atom stereocenters. The van der Waals surface area contributed by atoms with Crippen molar-refractivity contribution < 1.29 is 0 Å². The molecular weight excluding hydrogens is 184 g/mol. The number of rotatable bonds is 1. The van der Waals surface area contributed by atoms with Crippen LogP contribution in [0.1, 0.15) is 24.3 Å². The summed E-state index contributed by atoms with van der Waals surface area (Å²) in [4.78, 5) is 3.99. The van der Waals surface area contributed by atoms with Gasteiger partial charge in [-0.1, -0.05) is 11.6 Å². The fraction of sp³-hybridized carbons (Fsp3) is 0.500. The van der Waals surface area contributed by atoms with Crippen LogP contribution in [0.25, 0.3) is 0 Å². The highest BCUT2D eigenvalue weighted by molar-refractivity contribution is 6.31. The number of aromatic nitrogens is 1. The molecule has 1 aromatic rings. The molecule has 1 aliphatic heterocycles. The molecule has 2 rings (SSSR count). The average Bonchev–Trinajstić information content (AvgIpc) is 2.20. The lowest BCUT2D eigenvalue weighted by molar-refractivity contribution is 0.461. The van der Waals surface area contributed by atoms with Gasteiger partial charge in [0.1, 0.15) is 0 Å². The molecular formula is C10H13ClN2. The van der Waals surface area contributed by atoms with Crippen LogP contribution in [0.15, 0.2) is 18.5 Å². The van der Waals surface area contributed by atoms with Crippen molar-refractivity contribution in [1.29, 1.82) is 0 Å². The topological polar surface area (TPSA) is 24.9 Å². The van der Waals surface area contributed by atoms with Crippen molar-refractivity contribution in [3.63, 3.8) is 0 Å². The van der Waals surface area contributed by atoms with Gasteiger partial charge in [0.05, 0.1) is 5.02 Å². The van der Waals surface area contributed by atoms with E-state index in [4.69, 9.17) is 11.6 Å². The second-order valence-electron chi connectivity index (χ2n) is 3.44. The molecule has 70 valence electrons. The first-order valence-corrected chi connectivity index (χ1v) is 5.06. The molecule has 3 heteroatoms. The maximum Gasteiger partial charge on any atom is 0.0624 e. The predicted molar refractivity (Wildman–Crippen MR) is 54.1 cm³/mol. The zero-order chi connectivity index (χ0) is 9.10. The third kappa shape index (κ3) is 2.01. The van der Waals surface area contributed by atoms with Gasteiger partial charge in [-0.3, -0.25) is 4.98 Å². The van der Waals surface area contributed by atoms with Gasteiger partial charge in [0.15, 0.2) is 0 Å². The Kier molecular flexibility index (Phi) is 2.81. The highest BCUT2D eigenvalue weighted by atomic mass is 35.5. The molecule has 0 bridgehead atoms. The summed E-state index contributed by atoms with van der Waals surface area (Å²) in [7, 11) is 0. The van der Waals surface area contributed by atoms with Crippen LogP contribution in [0, 0.1) is 0 Å². The minimum atomic E-state index is 0.573. The summed E-state index contributed by atoms with van der Waals surface area (Å²) in [6.07, 6.45) is 6.02. The van der Waals surface area contributed by atoms with Gasteiger partial charge >= 0.3 is 0 Å². The molecule has 13 heavy (non-hydrogen) atoms. The van der Waals surface area contributed by atoms with Crippen LogP contribution in [0.5, 0.6) is 0 Å². The van der Waals surface area contributed by atoms with Crippen LogP contribution in [-0.4, -0.2) is 18.1 Å². The molecule has 1 aliphatic rings. The molecule has 1 N–H and O–H groups in total. The Morgan fingerprint density at radius 3 is 3.15 bits per heavy atom. The molecule has 0 aliphatic carbocycles. The van der Waals surface area contributed by atoms with Crippen LogP contribution in [0.2, 0.25) is 5.02 Å². The van der Waals surface area contributed by atoms with Gasteiger partial charge in [-0.25, -0.2) is 0 Å². The van der Waals surface area contributed by atoms with Crippen molar-refractivity contribution in [2.24, 2.45) is 0 Å². The van der Waals surface area contributed by atoms with Crippen molar-refractivity contribution in [2.45, 2.75) is 18.8 Å². The summed E-state index contributed by atoms with van der Waals surface area (Å²) in [5.41, 5.74) is 1.24. The molecule has 0 amide bonds. The monoisotopic (exact) mass is 196 g/mol. The van der Waals surface area contributed by atoms with E-state index >= 15 is 0 Å². The van der Waals surface area contributed by atoms with E-state index in [2.05, 4.69) is 10.3 Å². The lowest BCUT2D eigenvalue weighted by Crippen LogP contribution is -2.28. The van der Waals surface area contributed by atoms with Crippen LogP contribution in [0.3, 0.4) is 0 Å². The maximum absolute atomic E-state index is 6.07. The smallest absolute Gasteiger partial charge is 0.0624 e. The fourth-order valence-corrected chi connectivity index (χ4v) is 2.11. The molecule has 0 spiro atoms. The van der Waals surface area contributed by atoms with Crippen LogP contribution < -0.4 is 5.32 Å². The maximum atomic E-state index is 6.07. The van der Waals surface area contributed by atoms with Gasteiger partial charge < -0.3 is 5.32 Å². The lowest BCUT2D eigenvalue weighted by atomic mass is 9.92. The Hall–Kier alpha value is -0.600. The van der Waals surface area contributed by atoms with E-state index in [-0.39, 0.29) is 0 Å². The number of halogens is 1. The predicted octanol–water partition coefficient (Wildman–Crippen LogP) is 2.20. The number of pyridine rings is 1. The summed E-state index contributed by atoms with van der Waals surface area (Å²) in [5, 5.41) is 4.18. The molecule has 1 fully saturated rings. The van der Waals surface area contributed by atoms with Crippen molar-refractivity contribution in [3.8, 4) is 0 Å². The Balaban J connectivity index is 2.18. The van der Waals surface area contributed by atoms with Gasteiger partial charge in [0, 0.05) is 18.9 Å². The van der Waals surface area contributed by atoms with Gasteiger partial charge in [-0.05, 0) is 36.9 Å². The Morgan fingerprint density at radius 1 is 1.54 bits per heavy atom. The van der Waals surface area contributed by atoms with E-state index in [1.807, 2.05) is 12.3 Å². The van der Waals surface area contributed by atoms with E-state index in [1.54, 1.807) is 6.20 Å². The number of nitrogens with one attached hydrogen (secondary N) is 1. The van der Waals surface area contributed by atoms with Crippen molar-refractivity contribution in [2.75, 3.05) is 13.1 Å². The number of nitrogens with zero attached hydrogens (tertiary/aromatic N) is 1. The third-order valence-electron chi connectivity index (χ3n) is 2.54. The number of piperidine rings is 1. The standard InChI is InChI=1S/C10H13ClN2/c11-10-7-13-5-3-9(10)8-2-1-4-12-6-8/h3,5,7-8,12H,1-2,4,6H2. The van der Waals surface area contributed by atoms with Gasteiger partial charge in [-0.15, -0.1) is 0 Å². The van der Waals surface area contributed by atoms with E-state index < -0.39 is 0 Å². The average molecular weight is 197 g/mol. The molecule has 2 heterocycles. The normalized spacial score (nSPS) is 23.0. The van der Waals surface area contributed by atoms with Crippen molar-refractivity contribution in [1.82, 2.24) is 10.3 Å². The highest BCUT2D eigenvalue weighted by Crippen LogP contribution is 2.28. The van der Waals surface area contributed by atoms with E-state index in [1.165, 1.54) is 18.4 Å². The molecule has 0 saturated carbocycles. The van der Waals surface area contributed by atoms with Crippen LogP contribution >= 0.6 is 11.6 Å². The number of hydrogen-bond acceptors (Lipinski definition) is 2. The second-order valence-corrected chi connectivity index (χ2v) is 3.85. The molecule has 0 aromatic carbocycles. The minimum absolute atomic E-state index is 0.573. The molecule has 1 aromatic heterocycles. The van der Waals surface area contributed by atoms with Crippen molar-refractivity contribution in [3.05, 3.63) is 29.0 Å². The zero-order valence-electron chi connectivity index (χ0n) is 7.46.